The molecule has 2 N–H and O–H groups in total. The molecule has 0 fully saturated rings. The molecule has 0 aromatic carbocycles. The third-order valence-electron chi connectivity index (χ3n) is 3.55. The van der Waals surface area contributed by atoms with Gasteiger partial charge in [0.1, 0.15) is 11.5 Å². The van der Waals surface area contributed by atoms with Gasteiger partial charge in [0.05, 0.1) is 0 Å². The van der Waals surface area contributed by atoms with E-state index in [0.717, 1.165) is 0 Å². The summed E-state index contributed by atoms with van der Waals surface area (Å²) in [7, 11) is 0. The minimum Gasteiger partial charge on any atom is -0.512 e. The van der Waals surface area contributed by atoms with Crippen molar-refractivity contribution in [3.05, 3.63) is 23.7 Å². The summed E-state index contributed by atoms with van der Waals surface area (Å²) in [5, 5.41) is 19.1. The number of aliphatic hydroxyl groups excluding tert-OH is 2. The van der Waals surface area contributed by atoms with E-state index < -0.39 is 10.8 Å². The Balaban J connectivity index is -0.000000411. The van der Waals surface area contributed by atoms with E-state index in [1.165, 1.54) is 12.2 Å². The topological polar surface area (TPSA) is 74.6 Å². The van der Waals surface area contributed by atoms with Gasteiger partial charge in [-0.3, -0.25) is 9.59 Å². The van der Waals surface area contributed by atoms with Crippen LogP contribution in [-0.4, -0.2) is 21.8 Å². The maximum atomic E-state index is 11.5. The van der Waals surface area contributed by atoms with Crippen molar-refractivity contribution in [1.29, 1.82) is 0 Å². The molecule has 0 saturated carbocycles. The third-order valence-corrected chi connectivity index (χ3v) is 3.55. The van der Waals surface area contributed by atoms with Gasteiger partial charge in [0.2, 0.25) is 0 Å². The molecule has 0 aliphatic carbocycles. The Morgan fingerprint density at radius 3 is 0.815 bits per heavy atom. The van der Waals surface area contributed by atoms with Crippen LogP contribution in [0, 0.1) is 21.7 Å². The summed E-state index contributed by atoms with van der Waals surface area (Å²) in [5.74, 6) is 0.208. The molecule has 0 saturated heterocycles. The molecule has 0 radical (unpaired) electrons. The van der Waals surface area contributed by atoms with E-state index in [9.17, 15) is 19.8 Å². The molecule has 0 bridgehead atoms. The second-order valence-electron chi connectivity index (χ2n) is 10.8. The number of ketones is 2. The number of carbonyl (C=O) groups is 2. The molecule has 0 aliphatic rings. The number of rotatable bonds is 2. The Kier molecular flexibility index (Phi) is 12.0. The standard InChI is InChI=1S/2C11H20O2.Zn/c2*1-10(2,3)8(12)7-9(13)11(4,5)6;/h2*7,12H,1-6H3;/b2*8-7-;. The van der Waals surface area contributed by atoms with Crippen molar-refractivity contribution in [3.63, 3.8) is 0 Å². The molecule has 0 rings (SSSR count). The molecular weight excluding hydrogens is 394 g/mol. The van der Waals surface area contributed by atoms with Gasteiger partial charge >= 0.3 is 0 Å². The Morgan fingerprint density at radius 2 is 0.704 bits per heavy atom. The predicted molar refractivity (Wildman–Crippen MR) is 109 cm³/mol. The summed E-state index contributed by atoms with van der Waals surface area (Å²) in [6, 6.07) is 0. The zero-order valence-corrected chi connectivity index (χ0v) is 22.5. The molecule has 0 heterocycles. The molecule has 5 heteroatoms. The van der Waals surface area contributed by atoms with Crippen molar-refractivity contribution in [3.8, 4) is 0 Å². The van der Waals surface area contributed by atoms with Crippen LogP contribution in [0.25, 0.3) is 0 Å². The SMILES string of the molecule is CC(C)(C)C(=O)/C=C(\O)C(C)(C)C.CC(C)(C)C(=O)/C=C(\O)C(C)(C)C.[Zn]. The van der Waals surface area contributed by atoms with Crippen molar-refractivity contribution in [2.24, 2.45) is 21.7 Å². The zero-order valence-electron chi connectivity index (χ0n) is 19.6. The number of carbonyl (C=O) groups excluding carboxylic acids is 2. The van der Waals surface area contributed by atoms with Crippen LogP contribution in [0.2, 0.25) is 0 Å². The van der Waals surface area contributed by atoms with Crippen LogP contribution in [0.5, 0.6) is 0 Å². The van der Waals surface area contributed by atoms with Crippen LogP contribution in [-0.2, 0) is 29.1 Å². The quantitative estimate of drug-likeness (QED) is 0.310. The molecule has 0 atom stereocenters. The van der Waals surface area contributed by atoms with Gasteiger partial charge in [-0.05, 0) is 0 Å². The van der Waals surface area contributed by atoms with Gasteiger partial charge in [-0.2, -0.15) is 0 Å². The summed E-state index contributed by atoms with van der Waals surface area (Å²) >= 11 is 0. The monoisotopic (exact) mass is 432 g/mol. The van der Waals surface area contributed by atoms with E-state index in [-0.39, 0.29) is 53.4 Å². The van der Waals surface area contributed by atoms with Crippen molar-refractivity contribution in [2.75, 3.05) is 0 Å². The van der Waals surface area contributed by atoms with Gasteiger partial charge in [-0.15, -0.1) is 0 Å². The summed E-state index contributed by atoms with van der Waals surface area (Å²) in [4.78, 5) is 23.0. The number of allylic oxidation sites excluding steroid dienone is 4. The third kappa shape index (κ3) is 13.8. The van der Waals surface area contributed by atoms with Crippen LogP contribution in [0.15, 0.2) is 23.7 Å². The van der Waals surface area contributed by atoms with Gasteiger partial charge in [-0.1, -0.05) is 83.1 Å². The normalized spacial score (nSPS) is 13.9. The molecule has 0 aliphatic heterocycles. The minimum absolute atomic E-state index is 0. The first-order chi connectivity index (χ1) is 11.1. The van der Waals surface area contributed by atoms with Crippen molar-refractivity contribution < 1.29 is 39.3 Å². The van der Waals surface area contributed by atoms with Crippen molar-refractivity contribution in [2.45, 2.75) is 83.1 Å². The smallest absolute Gasteiger partial charge is 0.164 e. The minimum atomic E-state index is -0.417. The molecule has 0 spiro atoms. The summed E-state index contributed by atoms with van der Waals surface area (Å²) in [5.41, 5.74) is -1.53. The van der Waals surface area contributed by atoms with Crippen LogP contribution < -0.4 is 0 Å². The Labute approximate surface area is 179 Å². The average Bonchev–Trinajstić information content (AvgIpc) is 2.34. The van der Waals surface area contributed by atoms with Gasteiger partial charge in [0, 0.05) is 53.3 Å². The molecule has 4 nitrogen and oxygen atoms in total. The van der Waals surface area contributed by atoms with E-state index in [4.69, 9.17) is 0 Å². The Morgan fingerprint density at radius 1 is 0.519 bits per heavy atom. The van der Waals surface area contributed by atoms with Crippen LogP contribution in [0.3, 0.4) is 0 Å². The molecule has 0 amide bonds. The number of hydrogen-bond acceptors (Lipinski definition) is 4. The number of hydrogen-bond donors (Lipinski definition) is 2. The molecule has 0 unspecified atom stereocenters. The van der Waals surface area contributed by atoms with Crippen molar-refractivity contribution >= 4 is 11.6 Å². The van der Waals surface area contributed by atoms with Crippen molar-refractivity contribution in [1.82, 2.24) is 0 Å². The number of aliphatic hydroxyl groups is 2. The fourth-order valence-corrected chi connectivity index (χ4v) is 1.11. The Hall–Kier alpha value is -0.957. The predicted octanol–water partition coefficient (Wildman–Crippen LogP) is 6.18. The molecule has 0 aromatic heterocycles. The average molecular weight is 434 g/mol. The first kappa shape index (κ1) is 30.8. The zero-order chi connectivity index (χ0) is 21.7. The van der Waals surface area contributed by atoms with Gasteiger partial charge in [0.15, 0.2) is 11.6 Å². The van der Waals surface area contributed by atoms with Gasteiger partial charge in [0.25, 0.3) is 0 Å². The van der Waals surface area contributed by atoms with Crippen LogP contribution >= 0.6 is 0 Å². The fourth-order valence-electron chi connectivity index (χ4n) is 1.11. The second kappa shape index (κ2) is 10.6. The summed E-state index contributed by atoms with van der Waals surface area (Å²) in [6.45, 7) is 22.2. The van der Waals surface area contributed by atoms with E-state index >= 15 is 0 Å². The van der Waals surface area contributed by atoms with Gasteiger partial charge in [-0.25, -0.2) is 0 Å². The molecular formula is C22H40O4Zn. The summed E-state index contributed by atoms with van der Waals surface area (Å²) < 4.78 is 0. The van der Waals surface area contributed by atoms with E-state index in [2.05, 4.69) is 0 Å². The first-order valence-corrected chi connectivity index (χ1v) is 9.01. The van der Waals surface area contributed by atoms with Crippen LogP contribution in [0.4, 0.5) is 0 Å². The van der Waals surface area contributed by atoms with Crippen LogP contribution in [0.1, 0.15) is 83.1 Å². The first-order valence-electron chi connectivity index (χ1n) is 9.01. The fraction of sp³-hybridized carbons (Fsp3) is 0.727. The maximum Gasteiger partial charge on any atom is 0.164 e. The van der Waals surface area contributed by atoms with E-state index in [1.54, 1.807) is 0 Å². The molecule has 27 heavy (non-hydrogen) atoms. The molecule has 154 valence electrons. The van der Waals surface area contributed by atoms with E-state index in [1.807, 2.05) is 83.1 Å². The second-order valence-corrected chi connectivity index (χ2v) is 10.8. The van der Waals surface area contributed by atoms with Gasteiger partial charge < -0.3 is 10.2 Å². The largest absolute Gasteiger partial charge is 0.512 e. The maximum absolute atomic E-state index is 11.5. The summed E-state index contributed by atoms with van der Waals surface area (Å²) in [6.07, 6.45) is 2.67. The Bertz CT molecular complexity index is 505. The molecule has 0 aromatic rings. The van der Waals surface area contributed by atoms with E-state index in [0.29, 0.717) is 0 Å².